The van der Waals surface area contributed by atoms with E-state index in [1.54, 1.807) is 6.92 Å². The van der Waals surface area contributed by atoms with Crippen LogP contribution in [-0.4, -0.2) is 29.0 Å². The van der Waals surface area contributed by atoms with Crippen LogP contribution in [0.4, 0.5) is 4.39 Å². The number of oxazole rings is 1. The molecule has 0 bridgehead atoms. The minimum Gasteiger partial charge on any atom is -0.461 e. The highest BCUT2D eigenvalue weighted by Crippen LogP contribution is 2.24. The van der Waals surface area contributed by atoms with Crippen LogP contribution >= 0.6 is 0 Å². The number of aromatic nitrogens is 1. The maximum Gasteiger partial charge on any atom is 0.329 e. The Hall–Kier alpha value is -2.70. The molecule has 2 atom stereocenters. The van der Waals surface area contributed by atoms with E-state index >= 15 is 0 Å². The molecule has 1 aliphatic heterocycles. The van der Waals surface area contributed by atoms with Gasteiger partial charge < -0.3 is 14.5 Å². The maximum absolute atomic E-state index is 13.0. The number of rotatable bonds is 3. The summed E-state index contributed by atoms with van der Waals surface area (Å²) in [5.41, 5.74) is 0.561. The van der Waals surface area contributed by atoms with E-state index in [-0.39, 0.29) is 17.6 Å². The van der Waals surface area contributed by atoms with Crippen molar-refractivity contribution in [3.63, 3.8) is 0 Å². The van der Waals surface area contributed by atoms with Crippen molar-refractivity contribution < 1.29 is 23.1 Å². The Balaban J connectivity index is 1.81. The molecule has 1 aromatic carbocycles. The van der Waals surface area contributed by atoms with Crippen molar-refractivity contribution in [2.75, 3.05) is 0 Å². The second-order valence-electron chi connectivity index (χ2n) is 5.05. The van der Waals surface area contributed by atoms with Crippen molar-refractivity contribution in [3.05, 3.63) is 42.2 Å². The molecule has 22 heavy (non-hydrogen) atoms. The van der Waals surface area contributed by atoms with Crippen molar-refractivity contribution in [2.45, 2.75) is 25.5 Å². The Morgan fingerprint density at radius 3 is 2.73 bits per heavy atom. The molecule has 0 aliphatic carbocycles. The number of benzene rings is 1. The van der Waals surface area contributed by atoms with Crippen LogP contribution in [0.2, 0.25) is 0 Å². The molecule has 1 aromatic heterocycles. The van der Waals surface area contributed by atoms with E-state index in [1.807, 2.05) is 0 Å². The van der Waals surface area contributed by atoms with E-state index in [0.29, 0.717) is 12.0 Å². The fraction of sp³-hybridized carbons (Fsp3) is 0.267. The summed E-state index contributed by atoms with van der Waals surface area (Å²) in [6, 6.07) is 4.79. The summed E-state index contributed by atoms with van der Waals surface area (Å²) in [5, 5.41) is 2.57. The molecule has 0 radical (unpaired) electrons. The summed E-state index contributed by atoms with van der Waals surface area (Å²) in [4.78, 5) is 27.7. The lowest BCUT2D eigenvalue weighted by Gasteiger charge is -2.08. The Labute approximate surface area is 125 Å². The molecule has 114 valence electrons. The van der Waals surface area contributed by atoms with Gasteiger partial charge in [-0.3, -0.25) is 4.79 Å². The molecule has 7 heteroatoms. The number of cyclic esters (lactones) is 1. The summed E-state index contributed by atoms with van der Waals surface area (Å²) < 4.78 is 23.2. The topological polar surface area (TPSA) is 81.4 Å². The van der Waals surface area contributed by atoms with Crippen LogP contribution in [0.3, 0.4) is 0 Å². The van der Waals surface area contributed by atoms with E-state index < -0.39 is 23.7 Å². The molecule has 6 nitrogen and oxygen atoms in total. The number of carbonyl (C=O) groups is 2. The molecule has 1 saturated heterocycles. The van der Waals surface area contributed by atoms with Crippen LogP contribution in [0.15, 0.2) is 35.1 Å². The first-order chi connectivity index (χ1) is 10.5. The number of carbonyl (C=O) groups excluding carboxylic acids is 2. The molecular formula is C15H13FN2O4. The van der Waals surface area contributed by atoms with Gasteiger partial charge in [0.05, 0.1) is 0 Å². The Kier molecular flexibility index (Phi) is 3.62. The average Bonchev–Trinajstić information content (AvgIpc) is 3.07. The molecule has 2 heterocycles. The van der Waals surface area contributed by atoms with Gasteiger partial charge in [0.15, 0.2) is 17.8 Å². The summed E-state index contributed by atoms with van der Waals surface area (Å²) >= 11 is 0. The quantitative estimate of drug-likeness (QED) is 0.876. The molecule has 3 rings (SSSR count). The van der Waals surface area contributed by atoms with Gasteiger partial charge in [0.25, 0.3) is 5.91 Å². The van der Waals surface area contributed by atoms with Gasteiger partial charge in [0.2, 0.25) is 0 Å². The number of hydrogen-bond acceptors (Lipinski definition) is 5. The smallest absolute Gasteiger partial charge is 0.329 e. The van der Waals surface area contributed by atoms with Crippen LogP contribution in [-0.2, 0) is 9.53 Å². The zero-order valence-electron chi connectivity index (χ0n) is 11.7. The highest BCUT2D eigenvalue weighted by Gasteiger charge is 2.34. The van der Waals surface area contributed by atoms with Gasteiger partial charge in [-0.05, 0) is 31.2 Å². The Bertz CT molecular complexity index is 711. The number of nitrogens with one attached hydrogen (secondary N) is 1. The third kappa shape index (κ3) is 2.69. The van der Waals surface area contributed by atoms with E-state index in [4.69, 9.17) is 9.15 Å². The second kappa shape index (κ2) is 5.59. The highest BCUT2D eigenvalue weighted by atomic mass is 19.1. The van der Waals surface area contributed by atoms with Crippen molar-refractivity contribution in [1.82, 2.24) is 10.3 Å². The number of nitrogens with zero attached hydrogens (tertiary/aromatic N) is 1. The molecule has 1 amide bonds. The predicted molar refractivity (Wildman–Crippen MR) is 73.3 cm³/mol. The monoisotopic (exact) mass is 304 g/mol. The first-order valence-electron chi connectivity index (χ1n) is 6.75. The fourth-order valence-corrected chi connectivity index (χ4v) is 2.32. The first-order valence-corrected chi connectivity index (χ1v) is 6.75. The number of amides is 1. The lowest BCUT2D eigenvalue weighted by Crippen LogP contribution is -2.38. The van der Waals surface area contributed by atoms with Crippen LogP contribution in [0.25, 0.3) is 11.3 Å². The van der Waals surface area contributed by atoms with E-state index in [0.717, 1.165) is 6.39 Å². The van der Waals surface area contributed by atoms with E-state index in [1.165, 1.54) is 24.3 Å². The highest BCUT2D eigenvalue weighted by molar-refractivity contribution is 5.99. The number of halogens is 1. The van der Waals surface area contributed by atoms with E-state index in [9.17, 15) is 14.0 Å². The third-order valence-corrected chi connectivity index (χ3v) is 3.36. The van der Waals surface area contributed by atoms with Gasteiger partial charge in [0.1, 0.15) is 18.0 Å². The summed E-state index contributed by atoms with van der Waals surface area (Å²) in [5.74, 6) is -1.18. The molecule has 0 saturated carbocycles. The van der Waals surface area contributed by atoms with Crippen LogP contribution in [0, 0.1) is 5.82 Å². The van der Waals surface area contributed by atoms with Crippen LogP contribution in [0.5, 0.6) is 0 Å². The predicted octanol–water partition coefficient (Wildman–Crippen LogP) is 1.91. The minimum atomic E-state index is -0.694. The zero-order chi connectivity index (χ0) is 15.7. The summed E-state index contributed by atoms with van der Waals surface area (Å²) in [6.07, 6.45) is 1.31. The average molecular weight is 304 g/mol. The normalized spacial score (nSPS) is 20.7. The lowest BCUT2D eigenvalue weighted by molar-refractivity contribution is -0.142. The summed E-state index contributed by atoms with van der Waals surface area (Å²) in [7, 11) is 0. The molecule has 0 spiro atoms. The minimum absolute atomic E-state index is 0.0407. The summed E-state index contributed by atoms with van der Waals surface area (Å²) in [6.45, 7) is 1.75. The van der Waals surface area contributed by atoms with Gasteiger partial charge in [-0.2, -0.15) is 0 Å². The molecule has 1 aliphatic rings. The first kappa shape index (κ1) is 14.2. The van der Waals surface area contributed by atoms with Crippen LogP contribution < -0.4 is 5.32 Å². The molecule has 1 fully saturated rings. The largest absolute Gasteiger partial charge is 0.461 e. The van der Waals surface area contributed by atoms with Crippen LogP contribution in [0.1, 0.15) is 23.8 Å². The van der Waals surface area contributed by atoms with Gasteiger partial charge >= 0.3 is 5.97 Å². The standard InChI is InChI=1S/C15H13FN2O4/c1-8-6-11(15(20)22-8)18-14(19)12-13(21-7-17-12)9-2-4-10(16)5-3-9/h2-5,7-8,11H,6H2,1H3,(H,18,19). The maximum atomic E-state index is 13.0. The van der Waals surface area contributed by atoms with Crippen molar-refractivity contribution in [3.8, 4) is 11.3 Å². The van der Waals surface area contributed by atoms with Crippen molar-refractivity contribution >= 4 is 11.9 Å². The fourth-order valence-electron chi connectivity index (χ4n) is 2.32. The van der Waals surface area contributed by atoms with Gasteiger partial charge in [-0.25, -0.2) is 14.2 Å². The van der Waals surface area contributed by atoms with E-state index in [2.05, 4.69) is 10.3 Å². The second-order valence-corrected chi connectivity index (χ2v) is 5.05. The SMILES string of the molecule is CC1CC(NC(=O)c2ncoc2-c2ccc(F)cc2)C(=O)O1. The number of esters is 1. The van der Waals surface area contributed by atoms with Gasteiger partial charge in [-0.1, -0.05) is 0 Å². The Morgan fingerprint density at radius 2 is 2.09 bits per heavy atom. The Morgan fingerprint density at radius 1 is 1.36 bits per heavy atom. The number of ether oxygens (including phenoxy) is 1. The van der Waals surface area contributed by atoms with Gasteiger partial charge in [0, 0.05) is 12.0 Å². The van der Waals surface area contributed by atoms with Crippen molar-refractivity contribution in [2.24, 2.45) is 0 Å². The van der Waals surface area contributed by atoms with Crippen molar-refractivity contribution in [1.29, 1.82) is 0 Å². The lowest BCUT2D eigenvalue weighted by atomic mass is 10.1. The van der Waals surface area contributed by atoms with Gasteiger partial charge in [-0.15, -0.1) is 0 Å². The molecule has 2 unspecified atom stereocenters. The number of hydrogen-bond donors (Lipinski definition) is 1. The zero-order valence-corrected chi connectivity index (χ0v) is 11.7. The molecule has 1 N–H and O–H groups in total. The molecular weight excluding hydrogens is 291 g/mol. The third-order valence-electron chi connectivity index (χ3n) is 3.36. The molecule has 2 aromatic rings.